The van der Waals surface area contributed by atoms with Crippen LogP contribution in [0.5, 0.6) is 17.4 Å². The molecule has 0 saturated heterocycles. The highest BCUT2D eigenvalue weighted by Gasteiger charge is 2.16. The monoisotopic (exact) mass is 415 g/mol. The highest BCUT2D eigenvalue weighted by molar-refractivity contribution is 6.32. The number of carbonyl (C=O) groups excluding carboxylic acids is 2. The van der Waals surface area contributed by atoms with E-state index in [1.54, 1.807) is 51.5 Å². The molecule has 0 unspecified atom stereocenters. The second-order valence-electron chi connectivity index (χ2n) is 5.86. The Balaban J connectivity index is 1.74. The van der Waals surface area contributed by atoms with Crippen molar-refractivity contribution in [3.63, 3.8) is 0 Å². The summed E-state index contributed by atoms with van der Waals surface area (Å²) in [5, 5.41) is 15.1. The van der Waals surface area contributed by atoms with E-state index in [1.165, 1.54) is 4.52 Å². The molecule has 0 aliphatic rings. The van der Waals surface area contributed by atoms with Crippen LogP contribution in [0.2, 0.25) is 0 Å². The molecule has 2 aromatic heterocycles. The molecule has 1 amide bonds. The Bertz CT molecular complexity index is 1050. The zero-order chi connectivity index (χ0) is 21.5. The third kappa shape index (κ3) is 4.57. The molecule has 3 aromatic rings. The van der Waals surface area contributed by atoms with Gasteiger partial charge in [0.15, 0.2) is 11.5 Å². The van der Waals surface area contributed by atoms with Crippen molar-refractivity contribution >= 4 is 17.5 Å². The van der Waals surface area contributed by atoms with Crippen LogP contribution in [0.15, 0.2) is 30.3 Å². The van der Waals surface area contributed by atoms with Crippen LogP contribution in [-0.2, 0) is 14.3 Å². The number of esters is 1. The first kappa shape index (κ1) is 20.8. The molecule has 2 heterocycles. The maximum atomic E-state index is 11.5. The summed E-state index contributed by atoms with van der Waals surface area (Å²) in [4.78, 5) is 22.8. The Morgan fingerprint density at radius 3 is 2.67 bits per heavy atom. The smallest absolute Gasteiger partial charge is 0.396 e. The highest BCUT2D eigenvalue weighted by Crippen LogP contribution is 2.32. The standard InChI is InChI=1S/C19H21N5O6/c1-4-29-19(26)18(25)20-9-10-30-16-8-7-15-21-22-17(24(15)23-16)13-11-12(27-2)5-6-14(13)28-3/h5-8,11H,4,9-10H2,1-3H3,(H,20,25). The van der Waals surface area contributed by atoms with Gasteiger partial charge in [0, 0.05) is 6.07 Å². The summed E-state index contributed by atoms with van der Waals surface area (Å²) < 4.78 is 22.4. The summed E-state index contributed by atoms with van der Waals surface area (Å²) in [7, 11) is 3.12. The van der Waals surface area contributed by atoms with Crippen molar-refractivity contribution in [3.05, 3.63) is 30.3 Å². The molecule has 11 nitrogen and oxygen atoms in total. The van der Waals surface area contributed by atoms with Gasteiger partial charge < -0.3 is 24.3 Å². The zero-order valence-corrected chi connectivity index (χ0v) is 16.7. The van der Waals surface area contributed by atoms with Gasteiger partial charge in [0.25, 0.3) is 0 Å². The van der Waals surface area contributed by atoms with E-state index in [0.717, 1.165) is 0 Å². The van der Waals surface area contributed by atoms with E-state index >= 15 is 0 Å². The van der Waals surface area contributed by atoms with Crippen molar-refractivity contribution in [1.82, 2.24) is 25.1 Å². The lowest BCUT2D eigenvalue weighted by Crippen LogP contribution is -2.35. The maximum absolute atomic E-state index is 11.5. The quantitative estimate of drug-likeness (QED) is 0.324. The fourth-order valence-corrected chi connectivity index (χ4v) is 2.59. The van der Waals surface area contributed by atoms with Crippen LogP contribution in [-0.4, -0.2) is 65.7 Å². The Hall–Kier alpha value is -3.89. The fraction of sp³-hybridized carbons (Fsp3) is 0.316. The number of hydrogen-bond donors (Lipinski definition) is 1. The normalized spacial score (nSPS) is 10.5. The zero-order valence-electron chi connectivity index (χ0n) is 16.7. The van der Waals surface area contributed by atoms with Crippen molar-refractivity contribution in [2.24, 2.45) is 0 Å². The minimum absolute atomic E-state index is 0.101. The Kier molecular flexibility index (Phi) is 6.63. The van der Waals surface area contributed by atoms with Crippen molar-refractivity contribution in [2.45, 2.75) is 6.92 Å². The van der Waals surface area contributed by atoms with E-state index in [-0.39, 0.29) is 25.6 Å². The first-order valence-electron chi connectivity index (χ1n) is 9.10. The molecule has 0 spiro atoms. The summed E-state index contributed by atoms with van der Waals surface area (Å²) in [5.41, 5.74) is 1.16. The van der Waals surface area contributed by atoms with Gasteiger partial charge in [-0.25, -0.2) is 4.79 Å². The number of fused-ring (bicyclic) bond motifs is 1. The van der Waals surface area contributed by atoms with Crippen molar-refractivity contribution in [3.8, 4) is 28.8 Å². The molecule has 3 rings (SSSR count). The molecule has 0 radical (unpaired) electrons. The van der Waals surface area contributed by atoms with Crippen LogP contribution in [0.4, 0.5) is 0 Å². The van der Waals surface area contributed by atoms with Gasteiger partial charge in [-0.2, -0.15) is 4.52 Å². The fourth-order valence-electron chi connectivity index (χ4n) is 2.59. The first-order valence-corrected chi connectivity index (χ1v) is 9.10. The number of hydrogen-bond acceptors (Lipinski definition) is 9. The van der Waals surface area contributed by atoms with E-state index in [2.05, 4.69) is 25.3 Å². The SMILES string of the molecule is CCOC(=O)C(=O)NCCOc1ccc2nnc(-c3cc(OC)ccc3OC)n2n1. The van der Waals surface area contributed by atoms with Gasteiger partial charge in [-0.05, 0) is 31.2 Å². The number of nitrogens with one attached hydrogen (secondary N) is 1. The van der Waals surface area contributed by atoms with E-state index in [4.69, 9.17) is 14.2 Å². The highest BCUT2D eigenvalue weighted by atomic mass is 16.5. The number of amides is 1. The molecule has 0 aliphatic heterocycles. The molecule has 0 aliphatic carbocycles. The molecule has 11 heteroatoms. The molecule has 1 aromatic carbocycles. The van der Waals surface area contributed by atoms with E-state index in [9.17, 15) is 9.59 Å². The molecule has 0 atom stereocenters. The lowest BCUT2D eigenvalue weighted by atomic mass is 10.2. The lowest BCUT2D eigenvalue weighted by molar-refractivity contribution is -0.154. The van der Waals surface area contributed by atoms with Crippen LogP contribution in [0.25, 0.3) is 17.0 Å². The van der Waals surface area contributed by atoms with Crippen LogP contribution in [0, 0.1) is 0 Å². The second-order valence-corrected chi connectivity index (χ2v) is 5.86. The number of benzene rings is 1. The lowest BCUT2D eigenvalue weighted by Gasteiger charge is -2.10. The number of carbonyl (C=O) groups is 2. The largest absolute Gasteiger partial charge is 0.497 e. The first-order chi connectivity index (χ1) is 14.6. The van der Waals surface area contributed by atoms with E-state index in [0.29, 0.717) is 28.5 Å². The second kappa shape index (κ2) is 9.54. The maximum Gasteiger partial charge on any atom is 0.396 e. The van der Waals surface area contributed by atoms with Crippen LogP contribution in [0.3, 0.4) is 0 Å². The van der Waals surface area contributed by atoms with Gasteiger partial charge >= 0.3 is 11.9 Å². The molecule has 0 fully saturated rings. The molecule has 30 heavy (non-hydrogen) atoms. The molecule has 0 saturated carbocycles. The molecule has 1 N–H and O–H groups in total. The van der Waals surface area contributed by atoms with E-state index in [1.807, 2.05) is 0 Å². The van der Waals surface area contributed by atoms with Crippen LogP contribution >= 0.6 is 0 Å². The molecular weight excluding hydrogens is 394 g/mol. The topological polar surface area (TPSA) is 126 Å². The minimum atomic E-state index is -0.932. The Labute approximate surface area is 171 Å². The van der Waals surface area contributed by atoms with Crippen molar-refractivity contribution in [2.75, 3.05) is 34.0 Å². The summed E-state index contributed by atoms with van der Waals surface area (Å²) in [5.74, 6) is 0.193. The summed E-state index contributed by atoms with van der Waals surface area (Å²) >= 11 is 0. The number of nitrogens with zero attached hydrogens (tertiary/aromatic N) is 4. The number of rotatable bonds is 8. The van der Waals surface area contributed by atoms with Gasteiger partial charge in [-0.1, -0.05) is 0 Å². The van der Waals surface area contributed by atoms with E-state index < -0.39 is 11.9 Å². The Morgan fingerprint density at radius 1 is 1.10 bits per heavy atom. The van der Waals surface area contributed by atoms with Gasteiger partial charge in [0.1, 0.15) is 18.1 Å². The van der Waals surface area contributed by atoms with Crippen molar-refractivity contribution in [1.29, 1.82) is 0 Å². The minimum Gasteiger partial charge on any atom is -0.497 e. The van der Waals surface area contributed by atoms with Gasteiger partial charge in [-0.15, -0.1) is 15.3 Å². The van der Waals surface area contributed by atoms with Crippen molar-refractivity contribution < 1.29 is 28.5 Å². The summed E-state index contributed by atoms with van der Waals surface area (Å²) in [6.45, 7) is 1.96. The number of ether oxygens (including phenoxy) is 4. The van der Waals surface area contributed by atoms with Crippen LogP contribution in [0.1, 0.15) is 6.92 Å². The van der Waals surface area contributed by atoms with Crippen LogP contribution < -0.4 is 19.5 Å². The predicted octanol–water partition coefficient (Wildman–Crippen LogP) is 0.867. The third-order valence-electron chi connectivity index (χ3n) is 3.98. The molecule has 0 bridgehead atoms. The number of methoxy groups -OCH3 is 2. The van der Waals surface area contributed by atoms with Gasteiger partial charge in [0.2, 0.25) is 5.88 Å². The van der Waals surface area contributed by atoms with Gasteiger partial charge in [-0.3, -0.25) is 4.79 Å². The molecule has 158 valence electrons. The number of aromatic nitrogens is 4. The average molecular weight is 415 g/mol. The predicted molar refractivity (Wildman–Crippen MR) is 104 cm³/mol. The Morgan fingerprint density at radius 2 is 1.93 bits per heavy atom. The summed E-state index contributed by atoms with van der Waals surface area (Å²) in [6.07, 6.45) is 0. The average Bonchev–Trinajstić information content (AvgIpc) is 3.19. The van der Waals surface area contributed by atoms with Gasteiger partial charge in [0.05, 0.1) is 32.9 Å². The third-order valence-corrected chi connectivity index (χ3v) is 3.98. The molecular formula is C19H21N5O6. The summed E-state index contributed by atoms with van der Waals surface area (Å²) in [6, 6.07) is 8.64.